The first-order chi connectivity index (χ1) is 17.7. The van der Waals surface area contributed by atoms with Crippen LogP contribution in [-0.4, -0.2) is 37.2 Å². The molecule has 3 aromatic carbocycles. The van der Waals surface area contributed by atoms with Crippen molar-refractivity contribution in [2.75, 3.05) is 13.4 Å². The Balaban J connectivity index is 0.00000336. The zero-order chi connectivity index (χ0) is 26.3. The first-order valence-electron chi connectivity index (χ1n) is 11.4. The molecule has 10 heteroatoms. The lowest BCUT2D eigenvalue weighted by Gasteiger charge is -2.08. The predicted molar refractivity (Wildman–Crippen MR) is 158 cm³/mol. The van der Waals surface area contributed by atoms with E-state index in [0.29, 0.717) is 22.8 Å². The number of hydrogen-bond donors (Lipinski definition) is 0. The maximum atomic E-state index is 13.5. The monoisotopic (exact) mass is 630 g/mol. The topological polar surface area (TPSA) is 78.3 Å². The third-order valence-corrected chi connectivity index (χ3v) is 8.52. The van der Waals surface area contributed by atoms with E-state index < -0.39 is 9.84 Å². The van der Waals surface area contributed by atoms with Crippen LogP contribution in [-0.2, 0) is 16.3 Å². The van der Waals surface area contributed by atoms with Crippen LogP contribution in [0.1, 0.15) is 26.6 Å². The number of ether oxygens (including phenoxy) is 1. The molecule has 0 atom stereocenters. The van der Waals surface area contributed by atoms with Gasteiger partial charge in [-0.25, -0.2) is 13.4 Å². The Morgan fingerprint density at radius 3 is 2.37 bits per heavy atom. The Hall–Kier alpha value is -2.98. The van der Waals surface area contributed by atoms with Crippen LogP contribution in [0, 0.1) is 6.92 Å². The van der Waals surface area contributed by atoms with Crippen LogP contribution in [0.4, 0.5) is 0 Å². The summed E-state index contributed by atoms with van der Waals surface area (Å²) in [5, 5.41) is 4.33. The van der Waals surface area contributed by atoms with Gasteiger partial charge in [-0.15, -0.1) is 28.3 Å². The van der Waals surface area contributed by atoms with Crippen LogP contribution in [0.5, 0.6) is 5.75 Å². The van der Waals surface area contributed by atoms with Gasteiger partial charge in [0, 0.05) is 45.3 Å². The lowest BCUT2D eigenvalue weighted by molar-refractivity contribution is 0.0963. The fraction of sp³-hybridized carbons (Fsp3) is 0.143. The molecule has 0 aliphatic heterocycles. The van der Waals surface area contributed by atoms with Gasteiger partial charge in [0.15, 0.2) is 9.84 Å². The highest BCUT2D eigenvalue weighted by atomic mass is 79.9. The molecule has 2 heterocycles. The maximum absolute atomic E-state index is 13.5. The summed E-state index contributed by atoms with van der Waals surface area (Å²) in [6.07, 6.45) is 1.72. The third-order valence-electron chi connectivity index (χ3n) is 6.29. The smallest absolute Gasteiger partial charge is 0.262 e. The van der Waals surface area contributed by atoms with Crippen LogP contribution < -0.4 is 4.74 Å². The molecule has 0 aliphatic carbocycles. The molecule has 0 amide bonds. The number of rotatable bonds is 6. The van der Waals surface area contributed by atoms with Crippen LogP contribution in [0.25, 0.3) is 22.2 Å². The van der Waals surface area contributed by atoms with E-state index >= 15 is 0 Å². The number of carbonyl (C=O) groups excluding carboxylic acids is 1. The first kappa shape index (κ1) is 28.0. The van der Waals surface area contributed by atoms with E-state index in [1.807, 2.05) is 30.5 Å². The normalized spacial score (nSPS) is 11.4. The van der Waals surface area contributed by atoms with E-state index in [0.717, 1.165) is 38.4 Å². The second-order valence-electron chi connectivity index (χ2n) is 8.69. The van der Waals surface area contributed by atoms with Gasteiger partial charge < -0.3 is 4.74 Å². The molecule has 0 saturated heterocycles. The molecule has 0 N–H and O–H groups in total. The van der Waals surface area contributed by atoms with Crippen molar-refractivity contribution in [3.8, 4) is 17.0 Å². The van der Waals surface area contributed by atoms with E-state index in [-0.39, 0.29) is 27.8 Å². The molecule has 0 radical (unpaired) electrons. The maximum Gasteiger partial charge on any atom is 0.262 e. The van der Waals surface area contributed by atoms with Crippen molar-refractivity contribution in [2.45, 2.75) is 18.2 Å². The minimum atomic E-state index is -3.26. The summed E-state index contributed by atoms with van der Waals surface area (Å²) >= 11 is 7.55. The Bertz CT molecular complexity index is 1740. The second kappa shape index (κ2) is 11.0. The van der Waals surface area contributed by atoms with Gasteiger partial charge in [-0.1, -0.05) is 23.7 Å². The molecule has 38 heavy (non-hydrogen) atoms. The second-order valence-corrected chi connectivity index (χ2v) is 12.1. The molecule has 0 fully saturated rings. The number of thiazole rings is 1. The SMILES string of the molecule is Br.COc1ccc2c(c1)c(Cc1nc(-c3ccc(S(C)(=O)=O)cc3)cs1)c(C)n2C(=O)c1ccc(Cl)cc1. The molecular formula is C28H24BrClN2O4S2. The van der Waals surface area contributed by atoms with E-state index in [4.69, 9.17) is 21.3 Å². The highest BCUT2D eigenvalue weighted by Gasteiger charge is 2.21. The van der Waals surface area contributed by atoms with Crippen molar-refractivity contribution in [1.82, 2.24) is 9.55 Å². The molecule has 196 valence electrons. The van der Waals surface area contributed by atoms with Gasteiger partial charge in [0.2, 0.25) is 0 Å². The number of benzene rings is 3. The average Bonchev–Trinajstić information content (AvgIpc) is 3.46. The van der Waals surface area contributed by atoms with E-state index in [1.54, 1.807) is 60.2 Å². The van der Waals surface area contributed by atoms with Crippen molar-refractivity contribution < 1.29 is 17.9 Å². The largest absolute Gasteiger partial charge is 0.497 e. The third kappa shape index (κ3) is 5.42. The van der Waals surface area contributed by atoms with Gasteiger partial charge >= 0.3 is 0 Å². The van der Waals surface area contributed by atoms with Crippen LogP contribution in [0.15, 0.2) is 77.0 Å². The zero-order valence-corrected chi connectivity index (χ0v) is 24.9. The standard InChI is InChI=1S/C28H23ClN2O4S2.BrH/c1-17-23(15-27-30-25(16-36-27)18-6-11-22(12-7-18)37(3,33)34)24-14-21(35-2)10-13-26(24)31(17)28(32)19-4-8-20(29)9-5-19;/h4-14,16H,15H2,1-3H3;1H. The van der Waals surface area contributed by atoms with Crippen molar-refractivity contribution in [3.63, 3.8) is 0 Å². The highest BCUT2D eigenvalue weighted by molar-refractivity contribution is 8.93. The summed E-state index contributed by atoms with van der Waals surface area (Å²) in [6, 6.07) is 19.3. The molecule has 0 saturated carbocycles. The summed E-state index contributed by atoms with van der Waals surface area (Å²) in [6.45, 7) is 1.94. The van der Waals surface area contributed by atoms with Crippen molar-refractivity contribution >= 4 is 66.6 Å². The number of nitrogens with zero attached hydrogens (tertiary/aromatic N) is 2. The first-order valence-corrected chi connectivity index (χ1v) is 14.5. The predicted octanol–water partition coefficient (Wildman–Crippen LogP) is 7.00. The van der Waals surface area contributed by atoms with Gasteiger partial charge in [-0.2, -0.15) is 0 Å². The van der Waals surface area contributed by atoms with Crippen molar-refractivity contribution in [2.24, 2.45) is 0 Å². The number of sulfone groups is 1. The van der Waals surface area contributed by atoms with E-state index in [1.165, 1.54) is 17.6 Å². The molecule has 5 aromatic rings. The van der Waals surface area contributed by atoms with E-state index in [2.05, 4.69) is 0 Å². The molecule has 6 nitrogen and oxygen atoms in total. The Kier molecular flexibility index (Phi) is 8.13. The van der Waals surface area contributed by atoms with Gasteiger partial charge in [-0.05, 0) is 67.1 Å². The molecule has 5 rings (SSSR count). The molecule has 0 aliphatic rings. The number of carbonyl (C=O) groups is 1. The Morgan fingerprint density at radius 1 is 1.05 bits per heavy atom. The zero-order valence-electron chi connectivity index (χ0n) is 20.8. The van der Waals surface area contributed by atoms with Gasteiger partial charge in [-0.3, -0.25) is 9.36 Å². The lowest BCUT2D eigenvalue weighted by Crippen LogP contribution is -2.13. The lowest BCUT2D eigenvalue weighted by atomic mass is 10.1. The number of methoxy groups -OCH3 is 1. The van der Waals surface area contributed by atoms with Crippen molar-refractivity contribution in [1.29, 1.82) is 0 Å². The number of fused-ring (bicyclic) bond motifs is 1. The molecule has 0 bridgehead atoms. The summed E-state index contributed by atoms with van der Waals surface area (Å²) in [7, 11) is -1.64. The summed E-state index contributed by atoms with van der Waals surface area (Å²) in [5.41, 5.74) is 4.77. The number of aromatic nitrogens is 2. The molecular weight excluding hydrogens is 608 g/mol. The quantitative estimate of drug-likeness (QED) is 0.202. The van der Waals surface area contributed by atoms with Crippen LogP contribution in [0.3, 0.4) is 0 Å². The number of hydrogen-bond acceptors (Lipinski definition) is 6. The van der Waals surface area contributed by atoms with E-state index in [9.17, 15) is 13.2 Å². The van der Waals surface area contributed by atoms with Gasteiger partial charge in [0.25, 0.3) is 5.91 Å². The van der Waals surface area contributed by atoms with Crippen molar-refractivity contribution in [3.05, 3.63) is 99.0 Å². The Labute approximate surface area is 240 Å². The summed E-state index contributed by atoms with van der Waals surface area (Å²) in [4.78, 5) is 18.6. The van der Waals surface area contributed by atoms with Gasteiger partial charge in [0.05, 0.1) is 28.2 Å². The summed E-state index contributed by atoms with van der Waals surface area (Å²) < 4.78 is 30.7. The molecule has 2 aromatic heterocycles. The fourth-order valence-electron chi connectivity index (χ4n) is 4.34. The highest BCUT2D eigenvalue weighted by Crippen LogP contribution is 2.33. The molecule has 0 unspecified atom stereocenters. The minimum absolute atomic E-state index is 0. The fourth-order valence-corrected chi connectivity index (χ4v) is 5.92. The molecule has 0 spiro atoms. The van der Waals surface area contributed by atoms with Crippen LogP contribution >= 0.6 is 39.9 Å². The number of halogens is 2. The summed E-state index contributed by atoms with van der Waals surface area (Å²) in [5.74, 6) is 0.567. The minimum Gasteiger partial charge on any atom is -0.497 e. The van der Waals surface area contributed by atoms with Crippen LogP contribution in [0.2, 0.25) is 5.02 Å². The average molecular weight is 632 g/mol. The van der Waals surface area contributed by atoms with Gasteiger partial charge in [0.1, 0.15) is 5.75 Å². The Morgan fingerprint density at radius 2 is 1.74 bits per heavy atom.